The number of carbonyl (C=O) groups is 1. The molecule has 0 aliphatic carbocycles. The maximum absolute atomic E-state index is 12.2. The van der Waals surface area contributed by atoms with Gasteiger partial charge in [0, 0.05) is 36.9 Å². The van der Waals surface area contributed by atoms with Crippen molar-refractivity contribution in [2.45, 2.75) is 26.3 Å². The molecule has 20 heavy (non-hydrogen) atoms. The van der Waals surface area contributed by atoms with Crippen LogP contribution in [0.5, 0.6) is 0 Å². The normalized spacial score (nSPS) is 12.3. The molecular formula is C15H24ClN3O. The first-order valence-corrected chi connectivity index (χ1v) is 7.33. The lowest BCUT2D eigenvalue weighted by Gasteiger charge is -2.23. The lowest BCUT2D eigenvalue weighted by Crippen LogP contribution is -2.37. The van der Waals surface area contributed by atoms with E-state index in [1.165, 1.54) is 0 Å². The Labute approximate surface area is 126 Å². The van der Waals surface area contributed by atoms with E-state index in [1.807, 2.05) is 6.07 Å². The van der Waals surface area contributed by atoms with Crippen molar-refractivity contribution in [1.29, 1.82) is 0 Å². The number of benzene rings is 1. The Bertz CT molecular complexity index is 451. The van der Waals surface area contributed by atoms with Crippen molar-refractivity contribution in [3.05, 3.63) is 28.8 Å². The molecule has 2 N–H and O–H groups in total. The number of nitrogens with zero attached hydrogens (tertiary/aromatic N) is 1. The fourth-order valence-electron chi connectivity index (χ4n) is 1.90. The van der Waals surface area contributed by atoms with E-state index in [-0.39, 0.29) is 5.91 Å². The van der Waals surface area contributed by atoms with Gasteiger partial charge in [0.2, 0.25) is 0 Å². The summed E-state index contributed by atoms with van der Waals surface area (Å²) in [5, 5.41) is 6.49. The summed E-state index contributed by atoms with van der Waals surface area (Å²) in [5.74, 6) is -0.102. The maximum atomic E-state index is 12.2. The average Bonchev–Trinajstić information content (AvgIpc) is 2.45. The number of likely N-dealkylation sites (N-methyl/N-ethyl adjacent to an activating group) is 1. The highest BCUT2D eigenvalue weighted by Gasteiger charge is 2.12. The molecule has 0 fully saturated rings. The van der Waals surface area contributed by atoms with Crippen LogP contribution in [0.3, 0.4) is 0 Å². The highest BCUT2D eigenvalue weighted by Crippen LogP contribution is 2.20. The highest BCUT2D eigenvalue weighted by atomic mass is 35.5. The van der Waals surface area contributed by atoms with E-state index in [0.29, 0.717) is 23.2 Å². The molecule has 1 amide bonds. The van der Waals surface area contributed by atoms with Gasteiger partial charge in [-0.05, 0) is 38.6 Å². The van der Waals surface area contributed by atoms with Gasteiger partial charge in [0.05, 0.1) is 5.56 Å². The molecule has 0 saturated carbocycles. The zero-order valence-electron chi connectivity index (χ0n) is 12.7. The van der Waals surface area contributed by atoms with E-state index in [9.17, 15) is 4.79 Å². The summed E-state index contributed by atoms with van der Waals surface area (Å²) in [4.78, 5) is 14.4. The average molecular weight is 298 g/mol. The minimum absolute atomic E-state index is 0.102. The molecule has 0 heterocycles. The van der Waals surface area contributed by atoms with Crippen molar-refractivity contribution in [2.75, 3.05) is 32.5 Å². The molecule has 0 aliphatic heterocycles. The van der Waals surface area contributed by atoms with Gasteiger partial charge < -0.3 is 15.5 Å². The number of hydrogen-bond donors (Lipinski definition) is 2. The number of hydrogen-bond acceptors (Lipinski definition) is 3. The smallest absolute Gasteiger partial charge is 0.253 e. The molecule has 0 aliphatic rings. The molecule has 0 saturated heterocycles. The lowest BCUT2D eigenvalue weighted by atomic mass is 10.1. The molecule has 1 aromatic carbocycles. The van der Waals surface area contributed by atoms with Crippen LogP contribution in [-0.2, 0) is 0 Å². The summed E-state index contributed by atoms with van der Waals surface area (Å²) in [7, 11) is 3.86. The monoisotopic (exact) mass is 297 g/mol. The van der Waals surface area contributed by atoms with E-state index in [4.69, 9.17) is 11.6 Å². The minimum Gasteiger partial charge on any atom is -0.387 e. The van der Waals surface area contributed by atoms with Crippen LogP contribution in [0.4, 0.5) is 5.69 Å². The number of anilines is 1. The summed E-state index contributed by atoms with van der Waals surface area (Å²) >= 11 is 5.95. The zero-order chi connectivity index (χ0) is 15.1. The van der Waals surface area contributed by atoms with Gasteiger partial charge in [0.25, 0.3) is 5.91 Å². The van der Waals surface area contributed by atoms with Gasteiger partial charge in [-0.1, -0.05) is 18.5 Å². The van der Waals surface area contributed by atoms with Gasteiger partial charge >= 0.3 is 0 Å². The molecule has 1 aromatic rings. The third-order valence-electron chi connectivity index (χ3n) is 3.59. The molecule has 0 aromatic heterocycles. The quantitative estimate of drug-likeness (QED) is 0.813. The lowest BCUT2D eigenvalue weighted by molar-refractivity contribution is 0.0948. The SMILES string of the molecule is CCC(C)N(C)CCNC(=O)c1cc(Cl)ccc1NC. The summed E-state index contributed by atoms with van der Waals surface area (Å²) < 4.78 is 0. The van der Waals surface area contributed by atoms with Crippen LogP contribution in [0.15, 0.2) is 18.2 Å². The fraction of sp³-hybridized carbons (Fsp3) is 0.533. The number of nitrogens with one attached hydrogen (secondary N) is 2. The summed E-state index contributed by atoms with van der Waals surface area (Å²) in [5.41, 5.74) is 1.35. The highest BCUT2D eigenvalue weighted by molar-refractivity contribution is 6.31. The molecule has 112 valence electrons. The number of halogens is 1. The summed E-state index contributed by atoms with van der Waals surface area (Å²) in [6, 6.07) is 5.77. The maximum Gasteiger partial charge on any atom is 0.253 e. The number of rotatable bonds is 7. The van der Waals surface area contributed by atoms with E-state index in [2.05, 4.69) is 36.4 Å². The van der Waals surface area contributed by atoms with Crippen LogP contribution in [-0.4, -0.2) is 44.0 Å². The van der Waals surface area contributed by atoms with Crippen molar-refractivity contribution >= 4 is 23.2 Å². The van der Waals surface area contributed by atoms with Crippen molar-refractivity contribution < 1.29 is 4.79 Å². The van der Waals surface area contributed by atoms with Gasteiger partial charge in [-0.2, -0.15) is 0 Å². The predicted molar refractivity (Wildman–Crippen MR) is 85.7 cm³/mol. The third-order valence-corrected chi connectivity index (χ3v) is 3.82. The molecular weight excluding hydrogens is 274 g/mol. The summed E-state index contributed by atoms with van der Waals surface area (Å²) in [6.45, 7) is 5.79. The van der Waals surface area contributed by atoms with E-state index >= 15 is 0 Å². The molecule has 1 rings (SSSR count). The Morgan fingerprint density at radius 1 is 1.45 bits per heavy atom. The first kappa shape index (κ1) is 16.8. The van der Waals surface area contributed by atoms with Crippen molar-refractivity contribution in [3.8, 4) is 0 Å². The van der Waals surface area contributed by atoms with Gasteiger partial charge in [0.15, 0.2) is 0 Å². The van der Waals surface area contributed by atoms with E-state index in [0.717, 1.165) is 18.7 Å². The van der Waals surface area contributed by atoms with Crippen LogP contribution in [0.25, 0.3) is 0 Å². The Hall–Kier alpha value is -1.26. The van der Waals surface area contributed by atoms with Gasteiger partial charge in [-0.3, -0.25) is 4.79 Å². The molecule has 0 radical (unpaired) electrons. The van der Waals surface area contributed by atoms with Crippen molar-refractivity contribution in [3.63, 3.8) is 0 Å². The Balaban J connectivity index is 2.57. The van der Waals surface area contributed by atoms with Crippen LogP contribution >= 0.6 is 11.6 Å². The molecule has 4 nitrogen and oxygen atoms in total. The second-order valence-electron chi connectivity index (χ2n) is 4.93. The van der Waals surface area contributed by atoms with Gasteiger partial charge in [0.1, 0.15) is 0 Å². The topological polar surface area (TPSA) is 44.4 Å². The molecule has 1 unspecified atom stereocenters. The number of carbonyl (C=O) groups excluding carboxylic acids is 1. The second kappa shape index (κ2) is 8.12. The third kappa shape index (κ3) is 4.69. The van der Waals surface area contributed by atoms with Crippen molar-refractivity contribution in [2.24, 2.45) is 0 Å². The Morgan fingerprint density at radius 2 is 2.15 bits per heavy atom. The zero-order valence-corrected chi connectivity index (χ0v) is 13.4. The van der Waals surface area contributed by atoms with E-state index < -0.39 is 0 Å². The van der Waals surface area contributed by atoms with Gasteiger partial charge in [-0.25, -0.2) is 0 Å². The van der Waals surface area contributed by atoms with E-state index in [1.54, 1.807) is 19.2 Å². The van der Waals surface area contributed by atoms with Crippen LogP contribution in [0.2, 0.25) is 5.02 Å². The second-order valence-corrected chi connectivity index (χ2v) is 5.37. The molecule has 5 heteroatoms. The fourth-order valence-corrected chi connectivity index (χ4v) is 2.07. The van der Waals surface area contributed by atoms with Crippen LogP contribution < -0.4 is 10.6 Å². The summed E-state index contributed by atoms with van der Waals surface area (Å²) in [6.07, 6.45) is 1.10. The van der Waals surface area contributed by atoms with Crippen LogP contribution in [0, 0.1) is 0 Å². The standard InChI is InChI=1S/C15H24ClN3O/c1-5-11(2)19(4)9-8-18-15(20)13-10-12(16)6-7-14(13)17-3/h6-7,10-11,17H,5,8-9H2,1-4H3,(H,18,20). The Kier molecular flexibility index (Phi) is 6.82. The van der Waals surface area contributed by atoms with Crippen LogP contribution in [0.1, 0.15) is 30.6 Å². The largest absolute Gasteiger partial charge is 0.387 e. The molecule has 0 spiro atoms. The van der Waals surface area contributed by atoms with Gasteiger partial charge in [-0.15, -0.1) is 0 Å². The predicted octanol–water partition coefficient (Wildman–Crippen LogP) is 2.84. The first-order chi connectivity index (χ1) is 9.49. The molecule has 1 atom stereocenters. The molecule has 0 bridgehead atoms. The van der Waals surface area contributed by atoms with Crippen molar-refractivity contribution in [1.82, 2.24) is 10.2 Å². The Morgan fingerprint density at radius 3 is 2.75 bits per heavy atom. The minimum atomic E-state index is -0.102. The number of amides is 1. The first-order valence-electron chi connectivity index (χ1n) is 6.95.